The number of H-pyrrole nitrogens is 1. The minimum Gasteiger partial charge on any atom is -0.445 e. The van der Waals surface area contributed by atoms with E-state index in [-0.39, 0.29) is 54.1 Å². The van der Waals surface area contributed by atoms with Gasteiger partial charge in [0.2, 0.25) is 11.7 Å². The van der Waals surface area contributed by atoms with Crippen LogP contribution in [-0.2, 0) is 4.79 Å². The van der Waals surface area contributed by atoms with E-state index < -0.39 is 0 Å². The molecule has 1 aromatic carbocycles. The first-order chi connectivity index (χ1) is 21.7. The number of amides is 2. The molecule has 0 radical (unpaired) electrons. The van der Waals surface area contributed by atoms with Crippen molar-refractivity contribution in [2.24, 2.45) is 10.7 Å². The number of aliphatic imine (C=N–C) groups is 1. The van der Waals surface area contributed by atoms with Crippen molar-refractivity contribution in [3.05, 3.63) is 59.9 Å². The number of aromatic nitrogens is 4. The summed E-state index contributed by atoms with van der Waals surface area (Å²) in [5, 5.41) is 9.81. The molecule has 3 aromatic heterocycles. The zero-order valence-electron chi connectivity index (χ0n) is 25.4. The number of hydrogen-bond donors (Lipinski definition) is 5. The van der Waals surface area contributed by atoms with E-state index in [9.17, 15) is 9.59 Å². The average molecular weight is 613 g/mol. The maximum absolute atomic E-state index is 13.1. The van der Waals surface area contributed by atoms with Crippen molar-refractivity contribution in [3.63, 3.8) is 0 Å². The fourth-order valence-corrected chi connectivity index (χ4v) is 5.13. The van der Waals surface area contributed by atoms with Crippen LogP contribution in [0.5, 0.6) is 6.08 Å². The normalized spacial score (nSPS) is 17.4. The Morgan fingerprint density at radius 3 is 2.89 bits per heavy atom. The third kappa shape index (κ3) is 7.12. The van der Waals surface area contributed by atoms with Crippen LogP contribution in [0.3, 0.4) is 0 Å². The number of aryl methyl sites for hydroxylation is 1. The molecule has 1 saturated carbocycles. The van der Waals surface area contributed by atoms with Crippen LogP contribution in [0.2, 0.25) is 0 Å². The monoisotopic (exact) mass is 612 g/mol. The van der Waals surface area contributed by atoms with E-state index >= 15 is 0 Å². The first-order valence-corrected chi connectivity index (χ1v) is 14.9. The number of amidine groups is 1. The van der Waals surface area contributed by atoms with Gasteiger partial charge in [0.05, 0.1) is 29.6 Å². The van der Waals surface area contributed by atoms with Crippen molar-refractivity contribution in [2.45, 2.75) is 45.3 Å². The third-order valence-corrected chi connectivity index (χ3v) is 7.68. The number of allylic oxidation sites excluding steroid dienone is 1. The van der Waals surface area contributed by atoms with Gasteiger partial charge in [0.25, 0.3) is 11.9 Å². The molecular weight excluding hydrogens is 576 g/mol. The van der Waals surface area contributed by atoms with Gasteiger partial charge in [-0.2, -0.15) is 9.98 Å². The van der Waals surface area contributed by atoms with Gasteiger partial charge >= 0.3 is 6.08 Å². The third-order valence-electron chi connectivity index (χ3n) is 7.68. The van der Waals surface area contributed by atoms with Crippen LogP contribution in [-0.4, -0.2) is 81.3 Å². The summed E-state index contributed by atoms with van der Waals surface area (Å²) in [4.78, 5) is 48.0. The molecule has 1 aliphatic heterocycles. The molecule has 0 bridgehead atoms. The number of fused-ring (bicyclic) bond motifs is 1. The predicted octanol–water partition coefficient (Wildman–Crippen LogP) is 3.02. The molecule has 2 fully saturated rings. The van der Waals surface area contributed by atoms with E-state index in [1.807, 2.05) is 43.1 Å². The van der Waals surface area contributed by atoms with Crippen molar-refractivity contribution in [1.29, 1.82) is 0 Å². The summed E-state index contributed by atoms with van der Waals surface area (Å²) >= 11 is 0. The molecule has 45 heavy (non-hydrogen) atoms. The Bertz CT molecular complexity index is 1790. The van der Waals surface area contributed by atoms with Crippen LogP contribution in [0.1, 0.15) is 42.3 Å². The van der Waals surface area contributed by atoms with E-state index in [1.54, 1.807) is 19.3 Å². The van der Waals surface area contributed by atoms with Gasteiger partial charge in [0.15, 0.2) is 0 Å². The van der Waals surface area contributed by atoms with E-state index in [4.69, 9.17) is 14.9 Å². The lowest BCUT2D eigenvalue weighted by molar-refractivity contribution is -0.117. The number of carbonyl (C=O) groups is 2. The Balaban J connectivity index is 1.09. The molecule has 2 amide bonds. The lowest BCUT2D eigenvalue weighted by Crippen LogP contribution is -2.33. The van der Waals surface area contributed by atoms with Crippen LogP contribution in [0.4, 0.5) is 11.6 Å². The highest BCUT2D eigenvalue weighted by molar-refractivity contribution is 6.06. The zero-order valence-corrected chi connectivity index (χ0v) is 25.4. The fourth-order valence-electron chi connectivity index (χ4n) is 5.13. The maximum atomic E-state index is 13.1. The predicted molar refractivity (Wildman–Crippen MR) is 169 cm³/mol. The number of aromatic amines is 1. The van der Waals surface area contributed by atoms with Crippen LogP contribution in [0.25, 0.3) is 22.2 Å². The molecule has 0 unspecified atom stereocenters. The summed E-state index contributed by atoms with van der Waals surface area (Å²) in [6.07, 6.45) is 9.20. The molecule has 234 valence electrons. The number of nitrogens with zero attached hydrogens (tertiary/aromatic N) is 5. The van der Waals surface area contributed by atoms with E-state index in [0.29, 0.717) is 30.9 Å². The molecule has 1 saturated heterocycles. The molecule has 4 aromatic rings. The summed E-state index contributed by atoms with van der Waals surface area (Å²) < 4.78 is 11.3. The van der Waals surface area contributed by atoms with Gasteiger partial charge in [0, 0.05) is 55.2 Å². The van der Waals surface area contributed by atoms with Crippen molar-refractivity contribution in [1.82, 2.24) is 35.5 Å². The summed E-state index contributed by atoms with van der Waals surface area (Å²) in [5.41, 5.74) is 10.8. The Morgan fingerprint density at radius 2 is 2.09 bits per heavy atom. The second-order valence-corrected chi connectivity index (χ2v) is 11.3. The van der Waals surface area contributed by atoms with Gasteiger partial charge in [-0.3, -0.25) is 14.5 Å². The maximum Gasteiger partial charge on any atom is 0.394 e. The summed E-state index contributed by atoms with van der Waals surface area (Å²) in [7, 11) is 1.81. The van der Waals surface area contributed by atoms with Gasteiger partial charge in [-0.25, -0.2) is 9.97 Å². The van der Waals surface area contributed by atoms with Crippen LogP contribution in [0, 0.1) is 6.92 Å². The Hall–Kier alpha value is -5.24. The smallest absolute Gasteiger partial charge is 0.394 e. The molecule has 14 heteroatoms. The summed E-state index contributed by atoms with van der Waals surface area (Å²) in [6.45, 7) is 5.22. The fraction of sp³-hybridized carbons (Fsp3) is 0.355. The largest absolute Gasteiger partial charge is 0.445 e. The number of para-hydroxylation sites is 1. The van der Waals surface area contributed by atoms with Crippen molar-refractivity contribution >= 4 is 40.2 Å². The number of nitrogens with one attached hydrogen (secondary N) is 4. The van der Waals surface area contributed by atoms with Crippen LogP contribution in [0.15, 0.2) is 58.0 Å². The van der Waals surface area contributed by atoms with Crippen LogP contribution < -0.4 is 26.4 Å². The van der Waals surface area contributed by atoms with E-state index in [2.05, 4.69) is 40.9 Å². The number of benzene rings is 1. The van der Waals surface area contributed by atoms with E-state index in [0.717, 1.165) is 40.6 Å². The molecule has 6 N–H and O–H groups in total. The number of nitrogens with two attached hydrogens (primary N) is 1. The molecule has 0 spiro atoms. The number of carbonyl (C=O) groups excluding carboxylic acids is 2. The van der Waals surface area contributed by atoms with Gasteiger partial charge in [-0.15, -0.1) is 0 Å². The summed E-state index contributed by atoms with van der Waals surface area (Å²) in [6, 6.07) is 5.95. The lowest BCUT2D eigenvalue weighted by atomic mass is 10.1. The molecular formula is C31H36N10O4. The van der Waals surface area contributed by atoms with Gasteiger partial charge < -0.3 is 35.8 Å². The molecule has 1 atom stereocenters. The number of hydrogen-bond acceptors (Lipinski definition) is 10. The van der Waals surface area contributed by atoms with Crippen molar-refractivity contribution in [3.8, 4) is 17.3 Å². The van der Waals surface area contributed by atoms with E-state index in [1.165, 1.54) is 6.20 Å². The standard InChI is InChI=1S/C31H36N10O4/c1-17-12-35-30(39-25(32)11-18(2)33-3)40-27(17)22-13-34-28-21(22)5-4-6-23(28)38-26(42)16-41-10-9-20(15-41)44-31-36-14-24(45-31)29(43)37-19-7-8-19/h4-6,11-14,19-20,33-34H,7-10,15-16H2,1-3H3,(H,37,43)(H,38,42)(H2,32,35,39,40)/b18-11-/t20-/m0/s1. The number of ether oxygens (including phenoxy) is 1. The molecule has 6 rings (SSSR count). The minimum atomic E-state index is -0.284. The number of oxazole rings is 1. The van der Waals surface area contributed by atoms with Gasteiger partial charge in [-0.05, 0) is 50.8 Å². The first kappa shape index (κ1) is 29.8. The molecule has 14 nitrogen and oxygen atoms in total. The van der Waals surface area contributed by atoms with Crippen molar-refractivity contribution < 1.29 is 18.7 Å². The Kier molecular flexibility index (Phi) is 8.47. The number of rotatable bonds is 11. The Labute approximate surface area is 259 Å². The second kappa shape index (κ2) is 12.8. The zero-order chi connectivity index (χ0) is 31.5. The first-order valence-electron chi connectivity index (χ1n) is 14.9. The highest BCUT2D eigenvalue weighted by Crippen LogP contribution is 2.33. The van der Waals surface area contributed by atoms with Gasteiger partial charge in [0.1, 0.15) is 11.9 Å². The van der Waals surface area contributed by atoms with Gasteiger partial charge in [-0.1, -0.05) is 12.1 Å². The minimum absolute atomic E-state index is 0.0588. The topological polar surface area (TPSA) is 189 Å². The highest BCUT2D eigenvalue weighted by atomic mass is 16.6. The van der Waals surface area contributed by atoms with Crippen LogP contribution >= 0.6 is 0 Å². The number of likely N-dealkylation sites (tertiary alicyclic amines) is 1. The quantitative estimate of drug-likeness (QED) is 0.124. The highest BCUT2D eigenvalue weighted by Gasteiger charge is 2.29. The summed E-state index contributed by atoms with van der Waals surface area (Å²) in [5.74, 6) is 0.242. The number of anilines is 1. The SMILES string of the molecule is CN/C(C)=C\C(N)=N/c1ncc(C)c(-c2c[nH]c3c(NC(=O)CN4CC[C@H](Oc5ncc(C(=O)NC6CC6)o5)C4)cccc23)n1. The lowest BCUT2D eigenvalue weighted by Gasteiger charge is -2.15. The van der Waals surface area contributed by atoms with Crippen molar-refractivity contribution in [2.75, 3.05) is 32.0 Å². The molecule has 2 aliphatic rings. The average Bonchev–Trinajstić information content (AvgIpc) is 3.35. The molecule has 4 heterocycles. The second-order valence-electron chi connectivity index (χ2n) is 11.3. The molecule has 1 aliphatic carbocycles. The Morgan fingerprint density at radius 1 is 1.24 bits per heavy atom.